The highest BCUT2D eigenvalue weighted by molar-refractivity contribution is 8.18. The lowest BCUT2D eigenvalue weighted by atomic mass is 10.1. The molecule has 0 radical (unpaired) electrons. The van der Waals surface area contributed by atoms with E-state index in [0.29, 0.717) is 21.2 Å². The molecule has 9 heteroatoms. The summed E-state index contributed by atoms with van der Waals surface area (Å²) >= 11 is 6.70. The molecular formula is C22H19ClN2O5S. The fourth-order valence-corrected chi connectivity index (χ4v) is 3.71. The van der Waals surface area contributed by atoms with Crippen LogP contribution in [0, 0.1) is 0 Å². The van der Waals surface area contributed by atoms with Crippen molar-refractivity contribution in [3.05, 3.63) is 69.6 Å². The van der Waals surface area contributed by atoms with Gasteiger partial charge in [0.2, 0.25) is 0 Å². The van der Waals surface area contributed by atoms with Crippen LogP contribution in [0.2, 0.25) is 5.02 Å². The predicted molar refractivity (Wildman–Crippen MR) is 119 cm³/mol. The Hall–Kier alpha value is -3.10. The highest BCUT2D eigenvalue weighted by atomic mass is 35.5. The summed E-state index contributed by atoms with van der Waals surface area (Å²) in [4.78, 5) is 49.4. The SMILES string of the molecule is CC(=O)c1cccc(OCC(=O)NCCN2C(=O)SC(=Cc3ccc(Cl)cc3)C2=O)c1. The predicted octanol–water partition coefficient (Wildman–Crippen LogP) is 3.77. The van der Waals surface area contributed by atoms with Gasteiger partial charge in [-0.05, 0) is 54.6 Å². The zero-order chi connectivity index (χ0) is 22.4. The minimum atomic E-state index is -0.406. The molecule has 1 aliphatic heterocycles. The van der Waals surface area contributed by atoms with Crippen molar-refractivity contribution >= 4 is 52.3 Å². The second-order valence-corrected chi connectivity index (χ2v) is 8.04. The summed E-state index contributed by atoms with van der Waals surface area (Å²) in [6.07, 6.45) is 1.63. The third-order valence-electron chi connectivity index (χ3n) is 4.31. The number of amides is 3. The van der Waals surface area contributed by atoms with E-state index in [4.69, 9.17) is 16.3 Å². The van der Waals surface area contributed by atoms with Crippen molar-refractivity contribution < 1.29 is 23.9 Å². The van der Waals surface area contributed by atoms with E-state index in [1.54, 1.807) is 54.6 Å². The first-order valence-corrected chi connectivity index (χ1v) is 10.5. The standard InChI is InChI=1S/C22H19ClN2O5S/c1-14(26)16-3-2-4-18(12-16)30-13-20(27)24-9-10-25-21(28)19(31-22(25)29)11-15-5-7-17(23)8-6-15/h2-8,11-12H,9-10,13H2,1H3,(H,24,27). The van der Waals surface area contributed by atoms with Crippen molar-refractivity contribution in [1.82, 2.24) is 10.2 Å². The minimum Gasteiger partial charge on any atom is -0.484 e. The fraction of sp³-hybridized carbons (Fsp3) is 0.182. The number of carbonyl (C=O) groups is 4. The second kappa shape index (κ2) is 10.3. The molecule has 2 aromatic carbocycles. The molecule has 0 aromatic heterocycles. The van der Waals surface area contributed by atoms with Crippen molar-refractivity contribution in [2.24, 2.45) is 0 Å². The minimum absolute atomic E-state index is 0.0498. The van der Waals surface area contributed by atoms with E-state index in [2.05, 4.69) is 5.32 Å². The van der Waals surface area contributed by atoms with Gasteiger partial charge in [-0.3, -0.25) is 24.1 Å². The maximum absolute atomic E-state index is 12.5. The second-order valence-electron chi connectivity index (χ2n) is 6.61. The molecule has 0 bridgehead atoms. The molecule has 1 N–H and O–H groups in total. The van der Waals surface area contributed by atoms with Gasteiger partial charge in [0.1, 0.15) is 5.75 Å². The molecule has 7 nitrogen and oxygen atoms in total. The number of carbonyl (C=O) groups excluding carboxylic acids is 4. The average Bonchev–Trinajstić information content (AvgIpc) is 3.01. The molecule has 0 aliphatic carbocycles. The maximum atomic E-state index is 12.5. The number of Topliss-reactive ketones (excluding diaryl/α,β-unsaturated/α-hetero) is 1. The Morgan fingerprint density at radius 1 is 1.16 bits per heavy atom. The lowest BCUT2D eigenvalue weighted by Gasteiger charge is -2.13. The molecule has 31 heavy (non-hydrogen) atoms. The van der Waals surface area contributed by atoms with E-state index in [9.17, 15) is 19.2 Å². The van der Waals surface area contributed by atoms with Crippen LogP contribution in [0.1, 0.15) is 22.8 Å². The van der Waals surface area contributed by atoms with E-state index in [-0.39, 0.29) is 25.5 Å². The summed E-state index contributed by atoms with van der Waals surface area (Å²) in [6, 6.07) is 13.4. The molecule has 0 unspecified atom stereocenters. The van der Waals surface area contributed by atoms with E-state index < -0.39 is 17.1 Å². The smallest absolute Gasteiger partial charge is 0.293 e. The van der Waals surface area contributed by atoms with Gasteiger partial charge in [0.15, 0.2) is 12.4 Å². The van der Waals surface area contributed by atoms with Crippen LogP contribution in [0.15, 0.2) is 53.4 Å². The summed E-state index contributed by atoms with van der Waals surface area (Å²) in [5, 5.41) is 2.80. The Labute approximate surface area is 188 Å². The third kappa shape index (κ3) is 6.19. The van der Waals surface area contributed by atoms with Gasteiger partial charge < -0.3 is 10.1 Å². The number of nitrogens with one attached hydrogen (secondary N) is 1. The fourth-order valence-electron chi connectivity index (χ4n) is 2.72. The van der Waals surface area contributed by atoms with Crippen molar-refractivity contribution in [3.63, 3.8) is 0 Å². The number of benzene rings is 2. The first-order chi connectivity index (χ1) is 14.8. The number of thioether (sulfide) groups is 1. The van der Waals surface area contributed by atoms with Crippen LogP contribution in [-0.4, -0.2) is 47.4 Å². The Bertz CT molecular complexity index is 1050. The normalized spacial score (nSPS) is 14.8. The number of hydrogen-bond donors (Lipinski definition) is 1. The first-order valence-electron chi connectivity index (χ1n) is 9.35. The summed E-state index contributed by atoms with van der Waals surface area (Å²) in [6.45, 7) is 1.34. The van der Waals surface area contributed by atoms with Gasteiger partial charge in [0.05, 0.1) is 4.91 Å². The number of rotatable bonds is 8. The molecule has 3 amide bonds. The molecular weight excluding hydrogens is 440 g/mol. The van der Waals surface area contributed by atoms with Crippen molar-refractivity contribution in [2.75, 3.05) is 19.7 Å². The molecule has 1 heterocycles. The Morgan fingerprint density at radius 2 is 1.90 bits per heavy atom. The van der Waals surface area contributed by atoms with Crippen LogP contribution in [0.25, 0.3) is 6.08 Å². The maximum Gasteiger partial charge on any atom is 0.293 e. The van der Waals surface area contributed by atoms with E-state index >= 15 is 0 Å². The lowest BCUT2D eigenvalue weighted by molar-refractivity contribution is -0.125. The number of nitrogens with zero attached hydrogens (tertiary/aromatic N) is 1. The van der Waals surface area contributed by atoms with Gasteiger partial charge in [-0.1, -0.05) is 35.9 Å². The molecule has 1 aliphatic rings. The number of hydrogen-bond acceptors (Lipinski definition) is 6. The topological polar surface area (TPSA) is 92.8 Å². The van der Waals surface area contributed by atoms with E-state index in [0.717, 1.165) is 22.2 Å². The van der Waals surface area contributed by atoms with Gasteiger partial charge in [0.25, 0.3) is 17.1 Å². The van der Waals surface area contributed by atoms with Gasteiger partial charge in [-0.2, -0.15) is 0 Å². The zero-order valence-corrected chi connectivity index (χ0v) is 18.2. The van der Waals surface area contributed by atoms with Crippen molar-refractivity contribution in [3.8, 4) is 5.75 Å². The molecule has 3 rings (SSSR count). The largest absolute Gasteiger partial charge is 0.484 e. The lowest BCUT2D eigenvalue weighted by Crippen LogP contribution is -2.38. The van der Waals surface area contributed by atoms with Crippen LogP contribution in [-0.2, 0) is 9.59 Å². The van der Waals surface area contributed by atoms with Gasteiger partial charge >= 0.3 is 0 Å². The number of ether oxygens (including phenoxy) is 1. The molecule has 1 fully saturated rings. The third-order valence-corrected chi connectivity index (χ3v) is 5.47. The average molecular weight is 459 g/mol. The molecule has 2 aromatic rings. The van der Waals surface area contributed by atoms with Crippen LogP contribution < -0.4 is 10.1 Å². The monoisotopic (exact) mass is 458 g/mol. The first kappa shape index (κ1) is 22.6. The highest BCUT2D eigenvalue weighted by Gasteiger charge is 2.34. The van der Waals surface area contributed by atoms with Crippen LogP contribution in [0.4, 0.5) is 4.79 Å². The van der Waals surface area contributed by atoms with E-state index in [1.165, 1.54) is 6.92 Å². The molecule has 160 valence electrons. The number of ketones is 1. The van der Waals surface area contributed by atoms with Crippen LogP contribution in [0.5, 0.6) is 5.75 Å². The van der Waals surface area contributed by atoms with Gasteiger partial charge in [-0.25, -0.2) is 0 Å². The van der Waals surface area contributed by atoms with Crippen molar-refractivity contribution in [1.29, 1.82) is 0 Å². The molecule has 0 saturated carbocycles. The summed E-state index contributed by atoms with van der Waals surface area (Å²) in [5.74, 6) is -0.508. The van der Waals surface area contributed by atoms with Gasteiger partial charge in [0, 0.05) is 23.7 Å². The van der Waals surface area contributed by atoms with Crippen molar-refractivity contribution in [2.45, 2.75) is 6.92 Å². The summed E-state index contributed by atoms with van der Waals surface area (Å²) in [7, 11) is 0. The summed E-state index contributed by atoms with van der Waals surface area (Å²) < 4.78 is 5.38. The number of imide groups is 1. The van der Waals surface area contributed by atoms with Crippen LogP contribution >= 0.6 is 23.4 Å². The zero-order valence-electron chi connectivity index (χ0n) is 16.6. The highest BCUT2D eigenvalue weighted by Crippen LogP contribution is 2.32. The Balaban J connectivity index is 1.47. The number of halogens is 1. The van der Waals surface area contributed by atoms with E-state index in [1.807, 2.05) is 0 Å². The molecule has 0 spiro atoms. The van der Waals surface area contributed by atoms with Gasteiger partial charge in [-0.15, -0.1) is 0 Å². The Kier molecular flexibility index (Phi) is 7.49. The van der Waals surface area contributed by atoms with Crippen LogP contribution in [0.3, 0.4) is 0 Å². The Morgan fingerprint density at radius 3 is 2.61 bits per heavy atom. The molecule has 1 saturated heterocycles. The molecule has 0 atom stereocenters. The quantitative estimate of drug-likeness (QED) is 0.478. The summed E-state index contributed by atoms with van der Waals surface area (Å²) in [5.41, 5.74) is 1.25.